The molecule has 2 nitrogen and oxygen atoms in total. The van der Waals surface area contributed by atoms with Gasteiger partial charge >= 0.3 is 0 Å². The molecule has 0 heterocycles. The molecule has 0 atom stereocenters. The van der Waals surface area contributed by atoms with Crippen molar-refractivity contribution in [1.29, 1.82) is 0 Å². The van der Waals surface area contributed by atoms with Gasteiger partial charge in [0.2, 0.25) is 0 Å². The van der Waals surface area contributed by atoms with Crippen LogP contribution < -0.4 is 4.74 Å². The number of hydrogen-bond acceptors (Lipinski definition) is 2. The predicted molar refractivity (Wildman–Crippen MR) is 74.4 cm³/mol. The van der Waals surface area contributed by atoms with Crippen LogP contribution in [-0.2, 0) is 0 Å². The number of para-hydroxylation sites is 1. The van der Waals surface area contributed by atoms with Crippen molar-refractivity contribution in [3.63, 3.8) is 0 Å². The Hall–Kier alpha value is -2.06. The normalized spacial score (nSPS) is 10.7. The van der Waals surface area contributed by atoms with Crippen LogP contribution in [0, 0.1) is 0 Å². The van der Waals surface area contributed by atoms with Gasteiger partial charge in [-0.2, -0.15) is 0 Å². The zero-order valence-corrected chi connectivity index (χ0v) is 10.1. The van der Waals surface area contributed by atoms with E-state index in [1.807, 2.05) is 66.7 Å². The van der Waals surface area contributed by atoms with E-state index in [9.17, 15) is 0 Å². The molecule has 0 aromatic heterocycles. The van der Waals surface area contributed by atoms with Crippen molar-refractivity contribution >= 4 is 12.2 Å². The summed E-state index contributed by atoms with van der Waals surface area (Å²) in [7, 11) is 0. The van der Waals surface area contributed by atoms with E-state index in [1.165, 1.54) is 0 Å². The van der Waals surface area contributed by atoms with Crippen LogP contribution in [0.2, 0.25) is 0 Å². The second-order valence-electron chi connectivity index (χ2n) is 3.85. The van der Waals surface area contributed by atoms with Crippen molar-refractivity contribution in [3.05, 3.63) is 65.7 Å². The lowest BCUT2D eigenvalue weighted by atomic mass is 10.1. The molecule has 0 bridgehead atoms. The number of hydrogen-bond donors (Lipinski definition) is 1. The number of rotatable bonds is 5. The highest BCUT2D eigenvalue weighted by atomic mass is 16.5. The number of aliphatic hydroxyl groups is 1. The first-order valence-corrected chi connectivity index (χ1v) is 5.96. The molecule has 0 aliphatic rings. The smallest absolute Gasteiger partial charge is 0.126 e. The van der Waals surface area contributed by atoms with Crippen LogP contribution in [0.5, 0.6) is 5.75 Å². The molecule has 2 heteroatoms. The molecule has 18 heavy (non-hydrogen) atoms. The van der Waals surface area contributed by atoms with Gasteiger partial charge in [-0.25, -0.2) is 0 Å². The van der Waals surface area contributed by atoms with Crippen LogP contribution in [0.3, 0.4) is 0 Å². The Morgan fingerprint density at radius 1 is 0.889 bits per heavy atom. The second kappa shape index (κ2) is 6.62. The summed E-state index contributed by atoms with van der Waals surface area (Å²) in [5, 5.41) is 8.78. The van der Waals surface area contributed by atoms with Crippen LogP contribution in [-0.4, -0.2) is 18.3 Å². The van der Waals surface area contributed by atoms with Crippen molar-refractivity contribution < 1.29 is 9.84 Å². The average molecular weight is 240 g/mol. The minimum Gasteiger partial charge on any atom is -0.491 e. The van der Waals surface area contributed by atoms with Gasteiger partial charge in [0.25, 0.3) is 0 Å². The van der Waals surface area contributed by atoms with Gasteiger partial charge in [-0.1, -0.05) is 60.7 Å². The van der Waals surface area contributed by atoms with Gasteiger partial charge in [-0.3, -0.25) is 0 Å². The van der Waals surface area contributed by atoms with Crippen LogP contribution in [0.4, 0.5) is 0 Å². The molecule has 2 aromatic carbocycles. The van der Waals surface area contributed by atoms with Crippen LogP contribution >= 0.6 is 0 Å². The van der Waals surface area contributed by atoms with E-state index in [0.29, 0.717) is 6.61 Å². The molecule has 0 aliphatic heterocycles. The summed E-state index contributed by atoms with van der Waals surface area (Å²) < 4.78 is 5.47. The van der Waals surface area contributed by atoms with Gasteiger partial charge in [0, 0.05) is 5.56 Å². The maximum atomic E-state index is 8.78. The lowest BCUT2D eigenvalue weighted by molar-refractivity contribution is 0.201. The van der Waals surface area contributed by atoms with Crippen molar-refractivity contribution in [2.45, 2.75) is 0 Å². The molecule has 2 aromatic rings. The molecule has 0 spiro atoms. The third-order valence-corrected chi connectivity index (χ3v) is 2.52. The van der Waals surface area contributed by atoms with Crippen LogP contribution in [0.15, 0.2) is 54.6 Å². The van der Waals surface area contributed by atoms with Crippen LogP contribution in [0.1, 0.15) is 11.1 Å². The van der Waals surface area contributed by atoms with Gasteiger partial charge in [-0.15, -0.1) is 0 Å². The van der Waals surface area contributed by atoms with E-state index in [0.717, 1.165) is 16.9 Å². The fourth-order valence-electron chi connectivity index (χ4n) is 1.66. The molecular weight excluding hydrogens is 224 g/mol. The third kappa shape index (κ3) is 3.47. The van der Waals surface area contributed by atoms with E-state index in [4.69, 9.17) is 9.84 Å². The monoisotopic (exact) mass is 240 g/mol. The first kappa shape index (κ1) is 12.4. The molecular formula is C16H16O2. The zero-order valence-electron chi connectivity index (χ0n) is 10.1. The van der Waals surface area contributed by atoms with E-state index in [-0.39, 0.29) is 6.61 Å². The topological polar surface area (TPSA) is 29.5 Å². The number of aliphatic hydroxyl groups excluding tert-OH is 1. The fraction of sp³-hybridized carbons (Fsp3) is 0.125. The Bertz CT molecular complexity index is 504. The van der Waals surface area contributed by atoms with Crippen molar-refractivity contribution in [2.24, 2.45) is 0 Å². The molecule has 0 saturated carbocycles. The average Bonchev–Trinajstić information content (AvgIpc) is 2.45. The van der Waals surface area contributed by atoms with E-state index in [1.54, 1.807) is 0 Å². The third-order valence-electron chi connectivity index (χ3n) is 2.52. The summed E-state index contributed by atoms with van der Waals surface area (Å²) >= 11 is 0. The summed E-state index contributed by atoms with van der Waals surface area (Å²) in [5.41, 5.74) is 2.16. The van der Waals surface area contributed by atoms with Crippen LogP contribution in [0.25, 0.3) is 12.2 Å². The molecule has 0 radical (unpaired) electrons. The second-order valence-corrected chi connectivity index (χ2v) is 3.85. The largest absolute Gasteiger partial charge is 0.491 e. The first-order valence-electron chi connectivity index (χ1n) is 5.96. The molecule has 92 valence electrons. The lowest BCUT2D eigenvalue weighted by Crippen LogP contribution is -2.02. The molecule has 0 fully saturated rings. The predicted octanol–water partition coefficient (Wildman–Crippen LogP) is 3.23. The lowest BCUT2D eigenvalue weighted by Gasteiger charge is -2.07. The first-order chi connectivity index (χ1) is 8.90. The fourth-order valence-corrected chi connectivity index (χ4v) is 1.66. The molecule has 0 aliphatic carbocycles. The highest BCUT2D eigenvalue weighted by Crippen LogP contribution is 2.20. The van der Waals surface area contributed by atoms with Crippen molar-refractivity contribution in [3.8, 4) is 5.75 Å². The van der Waals surface area contributed by atoms with E-state index < -0.39 is 0 Å². The molecule has 0 unspecified atom stereocenters. The van der Waals surface area contributed by atoms with Gasteiger partial charge in [0.1, 0.15) is 12.4 Å². The van der Waals surface area contributed by atoms with E-state index in [2.05, 4.69) is 0 Å². The summed E-state index contributed by atoms with van der Waals surface area (Å²) in [4.78, 5) is 0. The quantitative estimate of drug-likeness (QED) is 0.813. The molecule has 0 amide bonds. The summed E-state index contributed by atoms with van der Waals surface area (Å²) in [5.74, 6) is 0.790. The van der Waals surface area contributed by atoms with E-state index >= 15 is 0 Å². The highest BCUT2D eigenvalue weighted by Gasteiger charge is 1.98. The Labute approximate surface area is 107 Å². The summed E-state index contributed by atoms with van der Waals surface area (Å²) in [6.45, 7) is 0.340. The summed E-state index contributed by atoms with van der Waals surface area (Å²) in [6, 6.07) is 17.9. The summed E-state index contributed by atoms with van der Waals surface area (Å²) in [6.07, 6.45) is 4.06. The van der Waals surface area contributed by atoms with Gasteiger partial charge in [0.05, 0.1) is 6.61 Å². The molecule has 0 saturated heterocycles. The maximum absolute atomic E-state index is 8.78. The number of ether oxygens (including phenoxy) is 1. The Kier molecular flexibility index (Phi) is 4.56. The van der Waals surface area contributed by atoms with Gasteiger partial charge < -0.3 is 9.84 Å². The highest BCUT2D eigenvalue weighted by molar-refractivity contribution is 5.72. The molecule has 2 rings (SSSR count). The minimum absolute atomic E-state index is 0.0245. The number of benzene rings is 2. The van der Waals surface area contributed by atoms with Gasteiger partial charge in [0.15, 0.2) is 0 Å². The SMILES string of the molecule is OCCOc1ccccc1/C=C/c1ccccc1. The Morgan fingerprint density at radius 2 is 1.61 bits per heavy atom. The zero-order chi connectivity index (χ0) is 12.6. The maximum Gasteiger partial charge on any atom is 0.126 e. The Balaban J connectivity index is 2.15. The van der Waals surface area contributed by atoms with Crippen molar-refractivity contribution in [1.82, 2.24) is 0 Å². The Morgan fingerprint density at radius 3 is 2.39 bits per heavy atom. The van der Waals surface area contributed by atoms with Crippen molar-refractivity contribution in [2.75, 3.05) is 13.2 Å². The molecule has 1 N–H and O–H groups in total. The standard InChI is InChI=1S/C16H16O2/c17-12-13-18-16-9-5-4-8-15(16)11-10-14-6-2-1-3-7-14/h1-11,17H,12-13H2/b11-10+. The van der Waals surface area contributed by atoms with Gasteiger partial charge in [-0.05, 0) is 11.6 Å². The minimum atomic E-state index is 0.0245.